The van der Waals surface area contributed by atoms with Gasteiger partial charge < -0.3 is 5.11 Å². The highest BCUT2D eigenvalue weighted by Gasteiger charge is 2.02. The summed E-state index contributed by atoms with van der Waals surface area (Å²) in [4.78, 5) is 10.7. The molecular weight excluding hydrogens is 116 g/mol. The molecule has 0 aliphatic carbocycles. The van der Waals surface area contributed by atoms with E-state index in [1.54, 1.807) is 6.92 Å². The normalized spacial score (nSPS) is 11.6. The predicted molar refractivity (Wildman–Crippen MR) is 36.3 cm³/mol. The van der Waals surface area contributed by atoms with Crippen molar-refractivity contribution in [1.82, 2.24) is 0 Å². The van der Waals surface area contributed by atoms with Crippen molar-refractivity contribution in [3.05, 3.63) is 11.8 Å². The Bertz CT molecular complexity index is 125. The Morgan fingerprint density at radius 1 is 1.67 bits per heavy atom. The van der Waals surface area contributed by atoms with E-state index in [0.717, 1.165) is 6.42 Å². The highest BCUT2D eigenvalue weighted by Crippen LogP contribution is 1.97. The summed E-state index contributed by atoms with van der Waals surface area (Å²) in [5.74, 6) is -0.281. The molecule has 2 nitrogen and oxygen atoms in total. The van der Waals surface area contributed by atoms with Crippen LogP contribution in [0.4, 0.5) is 0 Å². The number of carbonyl (C=O) groups is 1. The summed E-state index contributed by atoms with van der Waals surface area (Å²) < 4.78 is 0. The Kier molecular flexibility index (Phi) is 3.76. The van der Waals surface area contributed by atoms with Crippen LogP contribution in [0.25, 0.3) is 0 Å². The van der Waals surface area contributed by atoms with E-state index in [2.05, 4.69) is 0 Å². The first kappa shape index (κ1) is 8.21. The Labute approximate surface area is 55.2 Å². The molecule has 2 heteroatoms. The Balaban J connectivity index is 3.74. The molecule has 0 unspecified atom stereocenters. The van der Waals surface area contributed by atoms with Gasteiger partial charge in [0.2, 0.25) is 0 Å². The van der Waals surface area contributed by atoms with Gasteiger partial charge in [-0.2, -0.15) is 0 Å². The summed E-state index contributed by atoms with van der Waals surface area (Å²) in [5.41, 5.74) is 0. The lowest BCUT2D eigenvalue weighted by Gasteiger charge is -1.93. The fraction of sp³-hybridized carbons (Fsp3) is 0.571. The summed E-state index contributed by atoms with van der Waals surface area (Å²) in [5, 5.41) is 8.77. The zero-order valence-electron chi connectivity index (χ0n) is 5.85. The fourth-order valence-electron chi connectivity index (χ4n) is 0.516. The molecule has 0 heterocycles. The molecular formula is C7H12O2. The van der Waals surface area contributed by atoms with Gasteiger partial charge in [-0.3, -0.25) is 4.79 Å². The van der Waals surface area contributed by atoms with Gasteiger partial charge in [-0.15, -0.1) is 0 Å². The van der Waals surface area contributed by atoms with Gasteiger partial charge in [0.1, 0.15) is 0 Å². The monoisotopic (exact) mass is 128 g/mol. The lowest BCUT2D eigenvalue weighted by atomic mass is 10.2. The van der Waals surface area contributed by atoms with Gasteiger partial charge in [-0.25, -0.2) is 0 Å². The number of hydrogen-bond acceptors (Lipinski definition) is 2. The lowest BCUT2D eigenvalue weighted by molar-refractivity contribution is -0.118. The average Bonchev–Trinajstić information content (AvgIpc) is 1.87. The van der Waals surface area contributed by atoms with Crippen LogP contribution < -0.4 is 0 Å². The third-order valence-corrected chi connectivity index (χ3v) is 1.04. The van der Waals surface area contributed by atoms with Crippen molar-refractivity contribution in [3.8, 4) is 0 Å². The molecule has 0 spiro atoms. The minimum atomic E-state index is -0.167. The van der Waals surface area contributed by atoms with E-state index < -0.39 is 0 Å². The van der Waals surface area contributed by atoms with Crippen LogP contribution >= 0.6 is 0 Å². The van der Waals surface area contributed by atoms with Crippen LogP contribution in [-0.2, 0) is 4.79 Å². The van der Waals surface area contributed by atoms with Crippen LogP contribution in [0.15, 0.2) is 11.8 Å². The fourth-order valence-corrected chi connectivity index (χ4v) is 0.516. The first-order valence-electron chi connectivity index (χ1n) is 3.10. The predicted octanol–water partition coefficient (Wildman–Crippen LogP) is 1.82. The number of Topliss-reactive ketones (excluding diaryl/α,β-unsaturated/α-hetero) is 1. The molecule has 0 saturated heterocycles. The maximum absolute atomic E-state index is 10.7. The van der Waals surface area contributed by atoms with Crippen molar-refractivity contribution in [2.75, 3.05) is 0 Å². The second-order valence-electron chi connectivity index (χ2n) is 1.85. The van der Waals surface area contributed by atoms with Crippen molar-refractivity contribution >= 4 is 5.78 Å². The molecule has 9 heavy (non-hydrogen) atoms. The molecule has 0 saturated carbocycles. The van der Waals surface area contributed by atoms with Crippen LogP contribution in [0.3, 0.4) is 0 Å². The molecule has 1 N–H and O–H groups in total. The number of rotatable bonds is 3. The molecule has 0 fully saturated rings. The van der Waals surface area contributed by atoms with Crippen LogP contribution in [0.1, 0.15) is 26.7 Å². The van der Waals surface area contributed by atoms with Crippen molar-refractivity contribution in [3.63, 3.8) is 0 Å². The smallest absolute Gasteiger partial charge is 0.196 e. The summed E-state index contributed by atoms with van der Waals surface area (Å²) in [6.07, 6.45) is 2.64. The third kappa shape index (κ3) is 2.90. The number of ketones is 1. The van der Waals surface area contributed by atoms with Crippen LogP contribution in [-0.4, -0.2) is 10.9 Å². The van der Waals surface area contributed by atoms with Gasteiger partial charge in [0.05, 0.1) is 0 Å². The molecule has 52 valence electrons. The van der Waals surface area contributed by atoms with E-state index >= 15 is 0 Å². The molecule has 0 radical (unpaired) electrons. The Morgan fingerprint density at radius 2 is 2.22 bits per heavy atom. The molecule has 0 aromatic carbocycles. The van der Waals surface area contributed by atoms with E-state index in [4.69, 9.17) is 5.11 Å². The van der Waals surface area contributed by atoms with E-state index in [0.29, 0.717) is 6.42 Å². The average molecular weight is 128 g/mol. The number of allylic oxidation sites excluding steroid dienone is 2. The van der Waals surface area contributed by atoms with Gasteiger partial charge in [-0.05, 0) is 19.4 Å². The zero-order valence-corrected chi connectivity index (χ0v) is 5.85. The summed E-state index contributed by atoms with van der Waals surface area (Å²) >= 11 is 0. The lowest BCUT2D eigenvalue weighted by Crippen LogP contribution is -1.99. The standard InChI is InChI=1S/C7H12O2/c1-3-5-7(9)6(8)4-2/h4,8H,3,5H2,1-2H3. The molecule has 0 aromatic heterocycles. The first-order valence-corrected chi connectivity index (χ1v) is 3.10. The van der Waals surface area contributed by atoms with E-state index in [1.807, 2.05) is 6.92 Å². The highest BCUT2D eigenvalue weighted by atomic mass is 16.3. The van der Waals surface area contributed by atoms with Gasteiger partial charge in [0.15, 0.2) is 11.5 Å². The summed E-state index contributed by atoms with van der Waals surface area (Å²) in [7, 11) is 0. The highest BCUT2D eigenvalue weighted by molar-refractivity contribution is 5.92. The van der Waals surface area contributed by atoms with Crippen molar-refractivity contribution in [2.24, 2.45) is 0 Å². The van der Waals surface area contributed by atoms with Crippen LogP contribution in [0.5, 0.6) is 0 Å². The topological polar surface area (TPSA) is 37.3 Å². The van der Waals surface area contributed by atoms with Crippen molar-refractivity contribution in [2.45, 2.75) is 26.7 Å². The van der Waals surface area contributed by atoms with E-state index in [1.165, 1.54) is 6.08 Å². The number of carbonyl (C=O) groups excluding carboxylic acids is 1. The maximum Gasteiger partial charge on any atom is 0.196 e. The SMILES string of the molecule is CC=C(O)C(=O)CCC. The number of aliphatic hydroxyl groups excluding tert-OH is 1. The molecule has 0 atom stereocenters. The largest absolute Gasteiger partial charge is 0.505 e. The van der Waals surface area contributed by atoms with Crippen LogP contribution in [0.2, 0.25) is 0 Å². The zero-order chi connectivity index (χ0) is 7.28. The second kappa shape index (κ2) is 4.13. The molecule has 0 aliphatic rings. The minimum Gasteiger partial charge on any atom is -0.505 e. The Morgan fingerprint density at radius 3 is 2.56 bits per heavy atom. The first-order chi connectivity index (χ1) is 4.22. The van der Waals surface area contributed by atoms with Gasteiger partial charge in [0.25, 0.3) is 0 Å². The van der Waals surface area contributed by atoms with Gasteiger partial charge in [-0.1, -0.05) is 6.92 Å². The molecule has 0 rings (SSSR count). The minimum absolute atomic E-state index is 0.114. The summed E-state index contributed by atoms with van der Waals surface area (Å²) in [6, 6.07) is 0. The molecule has 0 aromatic rings. The number of hydrogen-bond donors (Lipinski definition) is 1. The van der Waals surface area contributed by atoms with Gasteiger partial charge >= 0.3 is 0 Å². The Hall–Kier alpha value is -0.790. The van der Waals surface area contributed by atoms with E-state index in [9.17, 15) is 4.79 Å². The van der Waals surface area contributed by atoms with Crippen molar-refractivity contribution < 1.29 is 9.90 Å². The van der Waals surface area contributed by atoms with E-state index in [-0.39, 0.29) is 11.5 Å². The van der Waals surface area contributed by atoms with Crippen LogP contribution in [0, 0.1) is 0 Å². The summed E-state index contributed by atoms with van der Waals surface area (Å²) in [6.45, 7) is 3.55. The molecule has 0 bridgehead atoms. The number of aliphatic hydroxyl groups is 1. The van der Waals surface area contributed by atoms with Gasteiger partial charge in [0, 0.05) is 6.42 Å². The maximum atomic E-state index is 10.7. The molecule has 0 aliphatic heterocycles. The van der Waals surface area contributed by atoms with Crippen molar-refractivity contribution in [1.29, 1.82) is 0 Å². The second-order valence-corrected chi connectivity index (χ2v) is 1.85. The quantitative estimate of drug-likeness (QED) is 0.465. The third-order valence-electron chi connectivity index (χ3n) is 1.04. The molecule has 0 amide bonds.